The Kier molecular flexibility index (Phi) is 4.23. The minimum absolute atomic E-state index is 0.235. The number of nitrogens with two attached hydrogens (primary N) is 1. The van der Waals surface area contributed by atoms with Crippen LogP contribution in [0, 0.1) is 18.6 Å². The van der Waals surface area contributed by atoms with Crippen LogP contribution in [0.3, 0.4) is 0 Å². The number of hydrogen-bond donors (Lipinski definition) is 1. The van der Waals surface area contributed by atoms with Crippen molar-refractivity contribution in [2.45, 2.75) is 13.0 Å². The monoisotopic (exact) mass is 345 g/mol. The van der Waals surface area contributed by atoms with Gasteiger partial charge in [-0.25, -0.2) is 8.78 Å². The van der Waals surface area contributed by atoms with Crippen LogP contribution in [0.1, 0.15) is 22.7 Å². The van der Waals surface area contributed by atoms with Crippen LogP contribution in [0.25, 0.3) is 0 Å². The van der Waals surface area contributed by atoms with E-state index in [1.54, 1.807) is 25.1 Å². The first-order valence-corrected chi connectivity index (χ1v) is 6.73. The first kappa shape index (κ1) is 14.4. The van der Waals surface area contributed by atoms with Gasteiger partial charge in [0, 0.05) is 5.02 Å². The molecular weight excluding hydrogens is 336 g/mol. The topological polar surface area (TPSA) is 26.0 Å². The van der Waals surface area contributed by atoms with E-state index in [1.807, 2.05) is 0 Å². The normalized spacial score (nSPS) is 12.5. The van der Waals surface area contributed by atoms with Gasteiger partial charge in [-0.05, 0) is 63.8 Å². The quantitative estimate of drug-likeness (QED) is 0.835. The van der Waals surface area contributed by atoms with Gasteiger partial charge in [0.05, 0.1) is 10.5 Å². The van der Waals surface area contributed by atoms with Gasteiger partial charge >= 0.3 is 0 Å². The summed E-state index contributed by atoms with van der Waals surface area (Å²) in [6.07, 6.45) is 0. The average Bonchev–Trinajstić information content (AvgIpc) is 2.36. The summed E-state index contributed by atoms with van der Waals surface area (Å²) in [5.74, 6) is -0.786. The zero-order valence-corrected chi connectivity index (χ0v) is 12.4. The second kappa shape index (κ2) is 5.57. The fraction of sp³-hybridized carbons (Fsp3) is 0.143. The van der Waals surface area contributed by atoms with Crippen molar-refractivity contribution >= 4 is 27.5 Å². The molecule has 2 aromatic carbocycles. The number of halogens is 4. The van der Waals surface area contributed by atoms with Crippen LogP contribution < -0.4 is 5.73 Å². The highest BCUT2D eigenvalue weighted by molar-refractivity contribution is 9.10. The molecule has 1 nitrogen and oxygen atoms in total. The maximum Gasteiger partial charge on any atom is 0.137 e. The van der Waals surface area contributed by atoms with E-state index in [4.69, 9.17) is 17.3 Å². The Labute approximate surface area is 123 Å². The van der Waals surface area contributed by atoms with Crippen molar-refractivity contribution in [2.24, 2.45) is 5.73 Å². The number of rotatable bonds is 2. The minimum atomic E-state index is -0.602. The summed E-state index contributed by atoms with van der Waals surface area (Å²) in [5, 5.41) is 0.235. The maximum absolute atomic E-state index is 13.5. The molecule has 5 heteroatoms. The lowest BCUT2D eigenvalue weighted by molar-refractivity contribution is 0.613. The van der Waals surface area contributed by atoms with Crippen molar-refractivity contribution in [2.75, 3.05) is 0 Å². The summed E-state index contributed by atoms with van der Waals surface area (Å²) in [6, 6.07) is 6.82. The molecule has 0 saturated heterocycles. The van der Waals surface area contributed by atoms with E-state index in [2.05, 4.69) is 15.9 Å². The second-order valence-corrected chi connectivity index (χ2v) is 5.54. The van der Waals surface area contributed by atoms with Gasteiger partial charge in [-0.2, -0.15) is 0 Å². The van der Waals surface area contributed by atoms with E-state index < -0.39 is 11.9 Å². The maximum atomic E-state index is 13.5. The van der Waals surface area contributed by atoms with E-state index in [0.29, 0.717) is 21.2 Å². The highest BCUT2D eigenvalue weighted by atomic mass is 79.9. The van der Waals surface area contributed by atoms with Gasteiger partial charge in [-0.3, -0.25) is 0 Å². The molecule has 0 heterocycles. The van der Waals surface area contributed by atoms with E-state index >= 15 is 0 Å². The van der Waals surface area contributed by atoms with Gasteiger partial charge in [0.1, 0.15) is 11.6 Å². The Hall–Kier alpha value is -0.970. The largest absolute Gasteiger partial charge is 0.320 e. The summed E-state index contributed by atoms with van der Waals surface area (Å²) in [7, 11) is 0. The molecule has 0 saturated carbocycles. The number of benzene rings is 2. The van der Waals surface area contributed by atoms with Crippen molar-refractivity contribution in [1.82, 2.24) is 0 Å². The Balaban J connectivity index is 2.46. The third-order valence-corrected chi connectivity index (χ3v) is 3.89. The van der Waals surface area contributed by atoms with Gasteiger partial charge in [-0.15, -0.1) is 0 Å². The molecule has 0 fully saturated rings. The van der Waals surface area contributed by atoms with E-state index in [1.165, 1.54) is 12.1 Å². The van der Waals surface area contributed by atoms with E-state index in [9.17, 15) is 8.78 Å². The Bertz CT molecular complexity index is 631. The molecule has 0 aliphatic carbocycles. The van der Waals surface area contributed by atoms with E-state index in [-0.39, 0.29) is 10.8 Å². The summed E-state index contributed by atoms with van der Waals surface area (Å²) in [4.78, 5) is 0. The van der Waals surface area contributed by atoms with Gasteiger partial charge in [0.25, 0.3) is 0 Å². The molecule has 1 unspecified atom stereocenters. The number of aryl methyl sites for hydroxylation is 1. The van der Waals surface area contributed by atoms with Crippen LogP contribution in [0.2, 0.25) is 5.02 Å². The molecule has 2 N–H and O–H groups in total. The average molecular weight is 347 g/mol. The van der Waals surface area contributed by atoms with Gasteiger partial charge in [0.15, 0.2) is 0 Å². The van der Waals surface area contributed by atoms with Crippen LogP contribution in [-0.4, -0.2) is 0 Å². The van der Waals surface area contributed by atoms with Crippen LogP contribution in [-0.2, 0) is 0 Å². The third kappa shape index (κ3) is 2.96. The van der Waals surface area contributed by atoms with Crippen molar-refractivity contribution in [3.8, 4) is 0 Å². The van der Waals surface area contributed by atoms with E-state index in [0.717, 1.165) is 0 Å². The molecule has 2 aromatic rings. The first-order chi connectivity index (χ1) is 8.90. The highest BCUT2D eigenvalue weighted by Crippen LogP contribution is 2.30. The lowest BCUT2D eigenvalue weighted by Crippen LogP contribution is -2.13. The fourth-order valence-electron chi connectivity index (χ4n) is 1.80. The molecule has 0 spiro atoms. The third-order valence-electron chi connectivity index (χ3n) is 2.92. The Morgan fingerprint density at radius 2 is 1.84 bits per heavy atom. The van der Waals surface area contributed by atoms with Crippen molar-refractivity contribution in [3.63, 3.8) is 0 Å². The summed E-state index contributed by atoms with van der Waals surface area (Å²) in [6.45, 7) is 1.63. The lowest BCUT2D eigenvalue weighted by atomic mass is 9.98. The molecule has 0 aromatic heterocycles. The van der Waals surface area contributed by atoms with Crippen molar-refractivity contribution in [3.05, 3.63) is 68.2 Å². The molecule has 1 atom stereocenters. The zero-order valence-electron chi connectivity index (χ0n) is 10.1. The molecule has 19 heavy (non-hydrogen) atoms. The SMILES string of the molecule is Cc1cc(C(N)c2ccc(Br)c(F)c2)c(Cl)cc1F. The molecule has 0 amide bonds. The van der Waals surface area contributed by atoms with Gasteiger partial charge < -0.3 is 5.73 Å². The number of hydrogen-bond acceptors (Lipinski definition) is 1. The van der Waals surface area contributed by atoms with Crippen molar-refractivity contribution < 1.29 is 8.78 Å². The Morgan fingerprint density at radius 3 is 2.47 bits per heavy atom. The van der Waals surface area contributed by atoms with Crippen LogP contribution in [0.4, 0.5) is 8.78 Å². The minimum Gasteiger partial charge on any atom is -0.320 e. The molecule has 2 rings (SSSR count). The fourth-order valence-corrected chi connectivity index (χ4v) is 2.32. The van der Waals surface area contributed by atoms with Crippen LogP contribution in [0.5, 0.6) is 0 Å². The standard InChI is InChI=1S/C14H11BrClF2N/c1-7-4-9(11(16)6-12(7)17)14(19)8-2-3-10(15)13(18)5-8/h2-6,14H,19H2,1H3. The van der Waals surface area contributed by atoms with Crippen molar-refractivity contribution in [1.29, 1.82) is 0 Å². The van der Waals surface area contributed by atoms with Crippen LogP contribution in [0.15, 0.2) is 34.8 Å². The van der Waals surface area contributed by atoms with Gasteiger partial charge in [0.2, 0.25) is 0 Å². The molecule has 100 valence electrons. The highest BCUT2D eigenvalue weighted by Gasteiger charge is 2.16. The first-order valence-electron chi connectivity index (χ1n) is 5.56. The molecule has 0 aliphatic heterocycles. The predicted octanol–water partition coefficient (Wildman–Crippen LogP) is 4.74. The Morgan fingerprint density at radius 1 is 1.16 bits per heavy atom. The van der Waals surface area contributed by atoms with Gasteiger partial charge in [-0.1, -0.05) is 17.7 Å². The predicted molar refractivity (Wildman–Crippen MR) is 76.3 cm³/mol. The molecular formula is C14H11BrClF2N. The summed E-state index contributed by atoms with van der Waals surface area (Å²) in [5.41, 5.74) is 7.67. The molecule has 0 aliphatic rings. The summed E-state index contributed by atoms with van der Waals surface area (Å²) < 4.78 is 27.2. The smallest absolute Gasteiger partial charge is 0.137 e. The zero-order chi connectivity index (χ0) is 14.2. The lowest BCUT2D eigenvalue weighted by Gasteiger charge is -2.16. The molecule has 0 bridgehead atoms. The van der Waals surface area contributed by atoms with Crippen LogP contribution >= 0.6 is 27.5 Å². The summed E-state index contributed by atoms with van der Waals surface area (Å²) >= 11 is 9.07. The molecule has 0 radical (unpaired) electrons. The second-order valence-electron chi connectivity index (χ2n) is 4.27.